The van der Waals surface area contributed by atoms with Crippen LogP contribution in [0.25, 0.3) is 0 Å². The Bertz CT molecular complexity index is 414. The van der Waals surface area contributed by atoms with Gasteiger partial charge in [0.2, 0.25) is 0 Å². The standard InChI is InChI=1S/C13H19BrO6/c1-6(15)19-10-8-4-13(8,5-14)11(20-7(2)16)9(10)12(17)18-3/h8-12,17H,4-5H2,1-3H3. The lowest BCUT2D eigenvalue weighted by Gasteiger charge is -2.32. The fourth-order valence-corrected chi connectivity index (χ4v) is 4.33. The molecule has 0 aliphatic heterocycles. The zero-order chi connectivity index (χ0) is 15.1. The molecule has 2 aliphatic carbocycles. The largest absolute Gasteiger partial charge is 0.462 e. The maximum Gasteiger partial charge on any atom is 0.302 e. The molecule has 20 heavy (non-hydrogen) atoms. The summed E-state index contributed by atoms with van der Waals surface area (Å²) >= 11 is 3.44. The summed E-state index contributed by atoms with van der Waals surface area (Å²) in [4.78, 5) is 22.6. The number of hydrogen-bond donors (Lipinski definition) is 1. The van der Waals surface area contributed by atoms with Gasteiger partial charge in [0.15, 0.2) is 6.29 Å². The first-order chi connectivity index (χ1) is 9.37. The monoisotopic (exact) mass is 350 g/mol. The number of aliphatic hydroxyl groups excluding tert-OH is 1. The molecule has 6 unspecified atom stereocenters. The molecular weight excluding hydrogens is 332 g/mol. The molecule has 0 saturated heterocycles. The van der Waals surface area contributed by atoms with Crippen LogP contribution < -0.4 is 0 Å². The Balaban J connectivity index is 2.29. The summed E-state index contributed by atoms with van der Waals surface area (Å²) in [5, 5.41) is 10.7. The first kappa shape index (κ1) is 15.7. The number of methoxy groups -OCH3 is 1. The number of carbonyl (C=O) groups excluding carboxylic acids is 2. The number of hydrogen-bond acceptors (Lipinski definition) is 6. The predicted octanol–water partition coefficient (Wildman–Crippen LogP) is 0.846. The maximum atomic E-state index is 11.3. The highest BCUT2D eigenvalue weighted by atomic mass is 79.9. The molecule has 2 aliphatic rings. The molecule has 6 nitrogen and oxygen atoms in total. The van der Waals surface area contributed by atoms with Crippen molar-refractivity contribution in [1.29, 1.82) is 0 Å². The quantitative estimate of drug-likeness (QED) is 0.449. The summed E-state index contributed by atoms with van der Waals surface area (Å²) in [5.41, 5.74) is -0.282. The lowest BCUT2D eigenvalue weighted by molar-refractivity contribution is -0.191. The van der Waals surface area contributed by atoms with Crippen molar-refractivity contribution >= 4 is 27.9 Å². The Morgan fingerprint density at radius 3 is 2.40 bits per heavy atom. The Kier molecular flexibility index (Phi) is 4.41. The summed E-state index contributed by atoms with van der Waals surface area (Å²) in [5.74, 6) is -1.33. The molecule has 0 radical (unpaired) electrons. The minimum atomic E-state index is -1.15. The Morgan fingerprint density at radius 1 is 1.35 bits per heavy atom. The van der Waals surface area contributed by atoms with Gasteiger partial charge in [-0.05, 0) is 6.42 Å². The number of alkyl halides is 1. The average molecular weight is 351 g/mol. The molecular formula is C13H19BrO6. The van der Waals surface area contributed by atoms with Crippen LogP contribution in [0.2, 0.25) is 0 Å². The van der Waals surface area contributed by atoms with E-state index in [1.54, 1.807) is 0 Å². The van der Waals surface area contributed by atoms with Gasteiger partial charge in [-0.25, -0.2) is 0 Å². The van der Waals surface area contributed by atoms with Gasteiger partial charge in [-0.3, -0.25) is 9.59 Å². The van der Waals surface area contributed by atoms with E-state index in [0.29, 0.717) is 5.33 Å². The molecule has 2 fully saturated rings. The Labute approximate surface area is 125 Å². The molecule has 2 rings (SSSR count). The lowest BCUT2D eigenvalue weighted by atomic mass is 9.92. The predicted molar refractivity (Wildman–Crippen MR) is 71.9 cm³/mol. The second kappa shape index (κ2) is 5.61. The van der Waals surface area contributed by atoms with Crippen molar-refractivity contribution in [1.82, 2.24) is 0 Å². The van der Waals surface area contributed by atoms with Crippen LogP contribution in [0.15, 0.2) is 0 Å². The molecule has 1 N–H and O–H groups in total. The van der Waals surface area contributed by atoms with Gasteiger partial charge in [-0.2, -0.15) is 0 Å². The van der Waals surface area contributed by atoms with E-state index in [-0.39, 0.29) is 11.3 Å². The third-order valence-electron chi connectivity index (χ3n) is 4.28. The van der Waals surface area contributed by atoms with Gasteiger partial charge in [0.1, 0.15) is 12.2 Å². The van der Waals surface area contributed by atoms with Crippen molar-refractivity contribution in [2.75, 3.05) is 12.4 Å². The highest BCUT2D eigenvalue weighted by Gasteiger charge is 2.74. The van der Waals surface area contributed by atoms with Crippen LogP contribution in [-0.4, -0.2) is 48.0 Å². The van der Waals surface area contributed by atoms with Crippen LogP contribution in [0, 0.1) is 17.3 Å². The second-order valence-electron chi connectivity index (χ2n) is 5.49. The number of fused-ring (bicyclic) bond motifs is 1. The van der Waals surface area contributed by atoms with E-state index >= 15 is 0 Å². The molecule has 0 amide bonds. The molecule has 114 valence electrons. The minimum Gasteiger partial charge on any atom is -0.462 e. The van der Waals surface area contributed by atoms with Crippen molar-refractivity contribution in [2.45, 2.75) is 38.8 Å². The topological polar surface area (TPSA) is 82.1 Å². The lowest BCUT2D eigenvalue weighted by Crippen LogP contribution is -2.44. The summed E-state index contributed by atoms with van der Waals surface area (Å²) in [7, 11) is 1.37. The molecule has 0 bridgehead atoms. The van der Waals surface area contributed by atoms with Crippen LogP contribution in [-0.2, 0) is 23.8 Å². The molecule has 2 saturated carbocycles. The minimum absolute atomic E-state index is 0.0740. The van der Waals surface area contributed by atoms with E-state index in [1.165, 1.54) is 21.0 Å². The first-order valence-corrected chi connectivity index (χ1v) is 7.60. The van der Waals surface area contributed by atoms with Crippen LogP contribution in [0.1, 0.15) is 20.3 Å². The molecule has 6 atom stereocenters. The van der Waals surface area contributed by atoms with Crippen molar-refractivity contribution in [3.63, 3.8) is 0 Å². The molecule has 0 aromatic carbocycles. The summed E-state index contributed by atoms with van der Waals surface area (Å²) in [6.45, 7) is 2.66. The molecule has 0 aromatic heterocycles. The van der Waals surface area contributed by atoms with E-state index in [0.717, 1.165) is 6.42 Å². The van der Waals surface area contributed by atoms with Crippen molar-refractivity contribution < 1.29 is 28.9 Å². The number of halogens is 1. The van der Waals surface area contributed by atoms with E-state index in [4.69, 9.17) is 14.2 Å². The third kappa shape index (κ3) is 2.46. The fraction of sp³-hybridized carbons (Fsp3) is 0.846. The SMILES string of the molecule is COC(O)C1C(OC(C)=O)C2CC2(CBr)C1OC(C)=O. The normalized spacial score (nSPS) is 39.9. The molecule has 0 aromatic rings. The average Bonchev–Trinajstić information content (AvgIpc) is 3.05. The highest BCUT2D eigenvalue weighted by Crippen LogP contribution is 2.68. The highest BCUT2D eigenvalue weighted by molar-refractivity contribution is 9.09. The van der Waals surface area contributed by atoms with Crippen LogP contribution in [0.4, 0.5) is 0 Å². The van der Waals surface area contributed by atoms with Gasteiger partial charge < -0.3 is 19.3 Å². The first-order valence-electron chi connectivity index (χ1n) is 6.48. The van der Waals surface area contributed by atoms with Crippen LogP contribution >= 0.6 is 15.9 Å². The number of rotatable bonds is 5. The van der Waals surface area contributed by atoms with Crippen molar-refractivity contribution in [3.05, 3.63) is 0 Å². The maximum absolute atomic E-state index is 11.3. The van der Waals surface area contributed by atoms with E-state index in [9.17, 15) is 14.7 Å². The summed E-state index contributed by atoms with van der Waals surface area (Å²) in [6.07, 6.45) is -1.37. The van der Waals surface area contributed by atoms with Crippen molar-refractivity contribution in [3.8, 4) is 0 Å². The number of esters is 2. The zero-order valence-electron chi connectivity index (χ0n) is 11.7. The van der Waals surface area contributed by atoms with Gasteiger partial charge >= 0.3 is 11.9 Å². The van der Waals surface area contributed by atoms with Crippen molar-refractivity contribution in [2.24, 2.45) is 17.3 Å². The fourth-order valence-electron chi connectivity index (χ4n) is 3.37. The van der Waals surface area contributed by atoms with Crippen LogP contribution in [0.3, 0.4) is 0 Å². The number of carbonyl (C=O) groups is 2. The zero-order valence-corrected chi connectivity index (χ0v) is 13.3. The Morgan fingerprint density at radius 2 is 1.95 bits per heavy atom. The number of aliphatic hydroxyl groups is 1. The second-order valence-corrected chi connectivity index (χ2v) is 6.05. The van der Waals surface area contributed by atoms with Gasteiger partial charge in [0.05, 0.1) is 5.92 Å². The third-order valence-corrected chi connectivity index (χ3v) is 5.33. The van der Waals surface area contributed by atoms with Gasteiger partial charge in [-0.15, -0.1) is 0 Å². The Hall–Kier alpha value is -0.660. The van der Waals surface area contributed by atoms with Gasteiger partial charge in [0, 0.05) is 37.6 Å². The smallest absolute Gasteiger partial charge is 0.302 e. The number of ether oxygens (including phenoxy) is 3. The molecule has 0 spiro atoms. The summed E-state index contributed by atoms with van der Waals surface area (Å²) in [6, 6.07) is 0. The van der Waals surface area contributed by atoms with E-state index < -0.39 is 36.4 Å². The molecule has 0 heterocycles. The van der Waals surface area contributed by atoms with E-state index in [1.807, 2.05) is 0 Å². The molecule has 7 heteroatoms. The van der Waals surface area contributed by atoms with Gasteiger partial charge in [-0.1, -0.05) is 15.9 Å². The van der Waals surface area contributed by atoms with Crippen LogP contribution in [0.5, 0.6) is 0 Å². The summed E-state index contributed by atoms with van der Waals surface area (Å²) < 4.78 is 15.7. The van der Waals surface area contributed by atoms with Gasteiger partial charge in [0.25, 0.3) is 0 Å². The van der Waals surface area contributed by atoms with E-state index in [2.05, 4.69) is 15.9 Å².